The van der Waals surface area contributed by atoms with Crippen molar-refractivity contribution in [3.05, 3.63) is 10.6 Å². The molecule has 1 aromatic rings. The van der Waals surface area contributed by atoms with Gasteiger partial charge in [-0.2, -0.15) is 0 Å². The van der Waals surface area contributed by atoms with E-state index in [0.717, 1.165) is 30.5 Å². The van der Waals surface area contributed by atoms with Crippen LogP contribution in [-0.2, 0) is 6.54 Å². The molecule has 1 aliphatic rings. The molecule has 2 heterocycles. The zero-order valence-electron chi connectivity index (χ0n) is 10.2. The summed E-state index contributed by atoms with van der Waals surface area (Å²) >= 11 is 1.74. The zero-order valence-corrected chi connectivity index (χ0v) is 11.0. The molecule has 0 radical (unpaired) electrons. The minimum Gasteiger partial charge on any atom is -0.343 e. The molecule has 0 aliphatic carbocycles. The fraction of sp³-hybridized carbons (Fsp3) is 0.727. The number of nitrogens with zero attached hydrogens (tertiary/aromatic N) is 3. The predicted octanol–water partition coefficient (Wildman–Crippen LogP) is 1.05. The predicted molar refractivity (Wildman–Crippen MR) is 69.0 cm³/mol. The highest BCUT2D eigenvalue weighted by Gasteiger charge is 2.24. The van der Waals surface area contributed by atoms with Crippen LogP contribution < -0.4 is 10.6 Å². The maximum atomic E-state index is 5.69. The number of nitrogens with two attached hydrogens (primary N) is 1. The Morgan fingerprint density at radius 1 is 1.50 bits per heavy atom. The quantitative estimate of drug-likeness (QED) is 0.839. The molecule has 2 rings (SSSR count). The van der Waals surface area contributed by atoms with E-state index < -0.39 is 0 Å². The molecule has 90 valence electrons. The van der Waals surface area contributed by atoms with Crippen molar-refractivity contribution in [3.63, 3.8) is 0 Å². The van der Waals surface area contributed by atoms with Crippen molar-refractivity contribution in [2.45, 2.75) is 26.4 Å². The maximum absolute atomic E-state index is 5.69. The van der Waals surface area contributed by atoms with Gasteiger partial charge in [0.1, 0.15) is 0 Å². The molecule has 5 heteroatoms. The Balaban J connectivity index is 2.17. The summed E-state index contributed by atoms with van der Waals surface area (Å²) in [7, 11) is 2.17. The summed E-state index contributed by atoms with van der Waals surface area (Å²) in [5.41, 5.74) is 6.79. The van der Waals surface area contributed by atoms with Crippen LogP contribution in [0.15, 0.2) is 0 Å². The largest absolute Gasteiger partial charge is 0.343 e. The number of thiazole rings is 1. The second kappa shape index (κ2) is 4.69. The van der Waals surface area contributed by atoms with Crippen LogP contribution in [0.5, 0.6) is 0 Å². The van der Waals surface area contributed by atoms with Gasteiger partial charge in [0.15, 0.2) is 5.13 Å². The Labute approximate surface area is 101 Å². The third-order valence-corrected chi connectivity index (χ3v) is 4.36. The van der Waals surface area contributed by atoms with Crippen LogP contribution in [0.2, 0.25) is 0 Å². The molecule has 4 nitrogen and oxygen atoms in total. The molecule has 16 heavy (non-hydrogen) atoms. The summed E-state index contributed by atoms with van der Waals surface area (Å²) in [5, 5.41) is 1.14. The van der Waals surface area contributed by atoms with Crippen molar-refractivity contribution in [2.75, 3.05) is 31.6 Å². The van der Waals surface area contributed by atoms with E-state index in [1.807, 2.05) is 6.92 Å². The molecule has 1 saturated heterocycles. The topological polar surface area (TPSA) is 45.4 Å². The average Bonchev–Trinajstić information content (AvgIpc) is 2.59. The Morgan fingerprint density at radius 2 is 2.25 bits per heavy atom. The highest BCUT2D eigenvalue weighted by Crippen LogP contribution is 2.28. The van der Waals surface area contributed by atoms with Gasteiger partial charge < -0.3 is 15.5 Å². The molecular formula is C11H20N4S. The molecule has 1 aromatic heterocycles. The summed E-state index contributed by atoms with van der Waals surface area (Å²) < 4.78 is 0. The van der Waals surface area contributed by atoms with Gasteiger partial charge in [-0.1, -0.05) is 0 Å². The number of hydrogen-bond acceptors (Lipinski definition) is 5. The molecule has 1 unspecified atom stereocenters. The number of piperazine rings is 1. The summed E-state index contributed by atoms with van der Waals surface area (Å²) in [6.45, 7) is 8.19. The van der Waals surface area contributed by atoms with Crippen LogP contribution >= 0.6 is 11.3 Å². The standard InChI is InChI=1S/C11H20N4S/c1-8-7-14(3)4-5-15(8)11-13-9(2)10(6-12)16-11/h8H,4-7,12H2,1-3H3. The van der Waals surface area contributed by atoms with Crippen molar-refractivity contribution in [3.8, 4) is 0 Å². The third-order valence-electron chi connectivity index (χ3n) is 3.14. The number of hydrogen-bond donors (Lipinski definition) is 1. The van der Waals surface area contributed by atoms with Crippen molar-refractivity contribution >= 4 is 16.5 Å². The molecule has 0 aromatic carbocycles. The van der Waals surface area contributed by atoms with Crippen LogP contribution in [0.1, 0.15) is 17.5 Å². The van der Waals surface area contributed by atoms with Gasteiger partial charge in [-0.3, -0.25) is 0 Å². The van der Waals surface area contributed by atoms with E-state index in [0.29, 0.717) is 12.6 Å². The van der Waals surface area contributed by atoms with Crippen LogP contribution in [-0.4, -0.2) is 42.6 Å². The van der Waals surface area contributed by atoms with Gasteiger partial charge in [-0.25, -0.2) is 4.98 Å². The fourth-order valence-corrected chi connectivity index (χ4v) is 3.22. The lowest BCUT2D eigenvalue weighted by Crippen LogP contribution is -2.50. The van der Waals surface area contributed by atoms with E-state index in [-0.39, 0.29) is 0 Å². The van der Waals surface area contributed by atoms with Crippen LogP contribution in [0.25, 0.3) is 0 Å². The van der Waals surface area contributed by atoms with Gasteiger partial charge in [0.25, 0.3) is 0 Å². The van der Waals surface area contributed by atoms with Gasteiger partial charge in [-0.05, 0) is 20.9 Å². The molecule has 0 saturated carbocycles. The SMILES string of the molecule is Cc1nc(N2CCN(C)CC2C)sc1CN. The highest BCUT2D eigenvalue weighted by molar-refractivity contribution is 7.15. The molecule has 1 atom stereocenters. The minimum atomic E-state index is 0.537. The summed E-state index contributed by atoms with van der Waals surface area (Å²) in [5.74, 6) is 0. The Hall–Kier alpha value is -0.650. The van der Waals surface area contributed by atoms with Crippen molar-refractivity contribution < 1.29 is 0 Å². The van der Waals surface area contributed by atoms with Gasteiger partial charge in [0.2, 0.25) is 0 Å². The molecule has 1 aliphatic heterocycles. The van der Waals surface area contributed by atoms with E-state index in [2.05, 4.69) is 28.8 Å². The molecule has 0 amide bonds. The van der Waals surface area contributed by atoms with E-state index in [9.17, 15) is 0 Å². The number of aromatic nitrogens is 1. The van der Waals surface area contributed by atoms with Gasteiger partial charge in [0, 0.05) is 37.1 Å². The van der Waals surface area contributed by atoms with E-state index in [1.165, 1.54) is 4.88 Å². The smallest absolute Gasteiger partial charge is 0.186 e. The second-order valence-electron chi connectivity index (χ2n) is 4.51. The first-order valence-electron chi connectivity index (χ1n) is 5.73. The summed E-state index contributed by atoms with van der Waals surface area (Å²) in [6.07, 6.45) is 0. The second-order valence-corrected chi connectivity index (χ2v) is 5.58. The summed E-state index contributed by atoms with van der Waals surface area (Å²) in [4.78, 5) is 10.6. The van der Waals surface area contributed by atoms with E-state index in [1.54, 1.807) is 11.3 Å². The number of likely N-dealkylation sites (N-methyl/N-ethyl adjacent to an activating group) is 1. The van der Waals surface area contributed by atoms with Crippen molar-refractivity contribution in [1.29, 1.82) is 0 Å². The first kappa shape index (κ1) is 11.8. The Kier molecular flexibility index (Phi) is 3.47. The summed E-state index contributed by atoms with van der Waals surface area (Å²) in [6, 6.07) is 0.537. The number of rotatable bonds is 2. The van der Waals surface area contributed by atoms with Crippen molar-refractivity contribution in [2.24, 2.45) is 5.73 Å². The molecule has 1 fully saturated rings. The normalized spacial score (nSPS) is 22.8. The first-order chi connectivity index (χ1) is 7.61. The Morgan fingerprint density at radius 3 is 2.81 bits per heavy atom. The van der Waals surface area contributed by atoms with Crippen LogP contribution in [0.3, 0.4) is 0 Å². The molecule has 2 N–H and O–H groups in total. The lowest BCUT2D eigenvalue weighted by Gasteiger charge is -2.38. The van der Waals surface area contributed by atoms with Gasteiger partial charge in [-0.15, -0.1) is 11.3 Å². The Bertz CT molecular complexity index is 363. The van der Waals surface area contributed by atoms with Gasteiger partial charge >= 0.3 is 0 Å². The number of anilines is 1. The lowest BCUT2D eigenvalue weighted by molar-refractivity contribution is 0.275. The average molecular weight is 240 g/mol. The van der Waals surface area contributed by atoms with E-state index >= 15 is 0 Å². The lowest BCUT2D eigenvalue weighted by atomic mass is 10.2. The first-order valence-corrected chi connectivity index (χ1v) is 6.55. The highest BCUT2D eigenvalue weighted by atomic mass is 32.1. The van der Waals surface area contributed by atoms with E-state index in [4.69, 9.17) is 5.73 Å². The van der Waals surface area contributed by atoms with Gasteiger partial charge in [0.05, 0.1) is 5.69 Å². The zero-order chi connectivity index (χ0) is 11.7. The maximum Gasteiger partial charge on any atom is 0.186 e. The fourth-order valence-electron chi connectivity index (χ4n) is 2.15. The van der Waals surface area contributed by atoms with Crippen molar-refractivity contribution in [1.82, 2.24) is 9.88 Å². The van der Waals surface area contributed by atoms with Crippen LogP contribution in [0.4, 0.5) is 5.13 Å². The monoisotopic (exact) mass is 240 g/mol. The third kappa shape index (κ3) is 2.21. The molecule has 0 bridgehead atoms. The molecule has 0 spiro atoms. The van der Waals surface area contributed by atoms with Crippen LogP contribution in [0, 0.1) is 6.92 Å². The molecular weight excluding hydrogens is 220 g/mol. The number of aryl methyl sites for hydroxylation is 1. The minimum absolute atomic E-state index is 0.537.